The quantitative estimate of drug-likeness (QED) is 0.121. The van der Waals surface area contributed by atoms with E-state index in [2.05, 4.69) is 192 Å². The van der Waals surface area contributed by atoms with Crippen LogP contribution in [0, 0.1) is 13.8 Å². The zero-order valence-corrected chi connectivity index (χ0v) is 37.5. The molecule has 0 fully saturated rings. The van der Waals surface area contributed by atoms with E-state index in [9.17, 15) is 0 Å². The van der Waals surface area contributed by atoms with E-state index >= 15 is 0 Å². The minimum atomic E-state index is -0.826. The molecule has 0 aliphatic rings. The molecule has 0 bridgehead atoms. The van der Waals surface area contributed by atoms with Crippen LogP contribution in [-0.2, 0) is 37.1 Å². The molecule has 0 N–H and O–H groups in total. The zero-order valence-electron chi connectivity index (χ0n) is 32.6. The second-order valence-corrected chi connectivity index (χ2v) is 21.1. The van der Waals surface area contributed by atoms with Crippen LogP contribution in [0.15, 0.2) is 103 Å². The molecule has 2 radical (unpaired) electrons. The fourth-order valence-corrected chi connectivity index (χ4v) is 6.06. The maximum absolute atomic E-state index is 4.93. The summed E-state index contributed by atoms with van der Waals surface area (Å²) >= 11 is -0.826. The number of rotatable bonds is 2. The SMILES string of the molecule is CC(C)(C)c1ccc(-c2cccc3[cH-]c(C(C)(C)C)cc23)cc1.C[Si]C.Cc1cc2c(-c3ccc(C(C)(C)C)cc3)ccc(C)c2[cH-]1.[Cl][Zr+2][Cl]. The van der Waals surface area contributed by atoms with Gasteiger partial charge in [-0.1, -0.05) is 161 Å². The van der Waals surface area contributed by atoms with E-state index in [-0.39, 0.29) is 16.2 Å². The van der Waals surface area contributed by atoms with Crippen LogP contribution in [0.4, 0.5) is 0 Å². The monoisotopic (exact) mass is 796 g/mol. The van der Waals surface area contributed by atoms with Gasteiger partial charge in [-0.25, -0.2) is 0 Å². The van der Waals surface area contributed by atoms with Gasteiger partial charge in [-0.05, 0) is 38.5 Å². The Morgan fingerprint density at radius 1 is 0.560 bits per heavy atom. The van der Waals surface area contributed by atoms with Gasteiger partial charge in [-0.3, -0.25) is 0 Å². The first kappa shape index (κ1) is 42.2. The molecule has 50 heavy (non-hydrogen) atoms. The molecule has 6 aromatic rings. The van der Waals surface area contributed by atoms with E-state index in [1.54, 1.807) is 0 Å². The summed E-state index contributed by atoms with van der Waals surface area (Å²) in [6.07, 6.45) is 0. The van der Waals surface area contributed by atoms with Crippen LogP contribution in [0.25, 0.3) is 43.8 Å². The molecule has 0 atom stereocenters. The molecule has 0 amide bonds. The molecular formula is C46H56Cl2SiZr. The molecule has 0 aliphatic heterocycles. The Kier molecular flexibility index (Phi) is 15.2. The van der Waals surface area contributed by atoms with Crippen LogP contribution in [0.2, 0.25) is 13.1 Å². The first-order valence-corrected chi connectivity index (χ1v) is 25.8. The summed E-state index contributed by atoms with van der Waals surface area (Å²) in [6.45, 7) is 29.0. The second-order valence-electron chi connectivity index (χ2n) is 16.3. The molecule has 0 saturated heterocycles. The topological polar surface area (TPSA) is 0 Å². The van der Waals surface area contributed by atoms with Crippen molar-refractivity contribution in [2.45, 2.75) is 106 Å². The number of aryl methyl sites for hydroxylation is 2. The third-order valence-electron chi connectivity index (χ3n) is 8.99. The zero-order chi connectivity index (χ0) is 37.4. The van der Waals surface area contributed by atoms with Crippen molar-refractivity contribution < 1.29 is 20.8 Å². The summed E-state index contributed by atoms with van der Waals surface area (Å²) < 4.78 is 0. The van der Waals surface area contributed by atoms with Crippen LogP contribution in [0.1, 0.15) is 90.1 Å². The van der Waals surface area contributed by atoms with Gasteiger partial charge >= 0.3 is 37.9 Å². The van der Waals surface area contributed by atoms with Crippen molar-refractivity contribution in [3.63, 3.8) is 0 Å². The molecule has 6 aromatic carbocycles. The Bertz CT molecular complexity index is 1940. The molecule has 262 valence electrons. The number of fused-ring (bicyclic) bond motifs is 2. The van der Waals surface area contributed by atoms with Gasteiger partial charge in [0, 0.05) is 9.52 Å². The summed E-state index contributed by atoms with van der Waals surface area (Å²) in [6, 6.07) is 38.5. The van der Waals surface area contributed by atoms with E-state index in [0.717, 1.165) is 9.52 Å². The molecule has 0 aliphatic carbocycles. The standard InChI is InChI=1S/C23H27.C21H23.C2H6Si.2ClH.Zr/c1-22(2,3)18-12-10-16(11-13-18)20-9-7-8-17-14-19(15-21(17)20)23(4,5)6;1-14-12-19-15(2)6-11-18(20(19)13-14)16-7-9-17(10-8-16)21(3,4)5;1-3-2;;;/h7-15H,1-6H3;6-13H,1-5H3;1-2H3;2*1H;/q2*-1;;;;+4/p-2. The average Bonchev–Trinajstić information content (AvgIpc) is 3.66. The molecular weight excluding hydrogens is 743 g/mol. The van der Waals surface area contributed by atoms with Gasteiger partial charge in [0.2, 0.25) is 0 Å². The normalized spacial score (nSPS) is 11.5. The molecule has 0 aromatic heterocycles. The third kappa shape index (κ3) is 11.1. The van der Waals surface area contributed by atoms with Crippen molar-refractivity contribution in [1.29, 1.82) is 0 Å². The van der Waals surface area contributed by atoms with Crippen molar-refractivity contribution in [3.8, 4) is 22.3 Å². The van der Waals surface area contributed by atoms with E-state index < -0.39 is 20.8 Å². The van der Waals surface area contributed by atoms with E-state index in [1.165, 1.54) is 71.6 Å². The summed E-state index contributed by atoms with van der Waals surface area (Å²) in [5.41, 5.74) is 12.7. The number of halogens is 2. The second kappa shape index (κ2) is 18.0. The summed E-state index contributed by atoms with van der Waals surface area (Å²) in [4.78, 5) is 0. The first-order chi connectivity index (χ1) is 23.3. The van der Waals surface area contributed by atoms with Crippen LogP contribution in [-0.4, -0.2) is 9.52 Å². The van der Waals surface area contributed by atoms with Crippen LogP contribution in [0.3, 0.4) is 0 Å². The molecule has 0 saturated carbocycles. The Labute approximate surface area is 325 Å². The molecule has 0 heterocycles. The predicted octanol–water partition coefficient (Wildman–Crippen LogP) is 15.1. The van der Waals surface area contributed by atoms with Crippen molar-refractivity contribution in [2.24, 2.45) is 0 Å². The van der Waals surface area contributed by atoms with Gasteiger partial charge in [0.1, 0.15) is 0 Å². The van der Waals surface area contributed by atoms with Crippen molar-refractivity contribution in [1.82, 2.24) is 0 Å². The summed E-state index contributed by atoms with van der Waals surface area (Å²) in [7, 11) is 11.0. The molecule has 0 spiro atoms. The third-order valence-corrected chi connectivity index (χ3v) is 8.99. The fraction of sp³-hybridized carbons (Fsp3) is 0.348. The van der Waals surface area contributed by atoms with E-state index in [1.807, 2.05) is 0 Å². The average molecular weight is 799 g/mol. The van der Waals surface area contributed by atoms with Gasteiger partial charge in [-0.2, -0.15) is 12.1 Å². The van der Waals surface area contributed by atoms with Gasteiger partial charge in [0.15, 0.2) is 0 Å². The molecule has 0 nitrogen and oxygen atoms in total. The summed E-state index contributed by atoms with van der Waals surface area (Å²) in [5, 5.41) is 5.45. The van der Waals surface area contributed by atoms with Gasteiger partial charge in [0.25, 0.3) is 0 Å². The Morgan fingerprint density at radius 2 is 1.02 bits per heavy atom. The van der Waals surface area contributed by atoms with E-state index in [0.29, 0.717) is 0 Å². The number of benzene rings is 4. The van der Waals surface area contributed by atoms with Crippen LogP contribution in [0.5, 0.6) is 0 Å². The minimum absolute atomic E-state index is 0.187. The molecule has 4 heteroatoms. The first-order valence-electron chi connectivity index (χ1n) is 17.5. The fourth-order valence-electron chi connectivity index (χ4n) is 6.06. The Balaban J connectivity index is 0.000000235. The van der Waals surface area contributed by atoms with Crippen molar-refractivity contribution >= 4 is 48.1 Å². The van der Waals surface area contributed by atoms with Gasteiger partial charge < -0.3 is 0 Å². The van der Waals surface area contributed by atoms with Gasteiger partial charge in [0.05, 0.1) is 0 Å². The van der Waals surface area contributed by atoms with Crippen molar-refractivity contribution in [2.75, 3.05) is 0 Å². The van der Waals surface area contributed by atoms with Crippen molar-refractivity contribution in [3.05, 3.63) is 131 Å². The molecule has 6 rings (SSSR count). The maximum atomic E-state index is 4.93. The van der Waals surface area contributed by atoms with Crippen LogP contribution >= 0.6 is 17.0 Å². The Hall–Kier alpha value is -2.22. The summed E-state index contributed by atoms with van der Waals surface area (Å²) in [5.74, 6) is 0. The molecule has 0 unspecified atom stereocenters. The number of hydrogen-bond donors (Lipinski definition) is 0. The van der Waals surface area contributed by atoms with Crippen LogP contribution < -0.4 is 0 Å². The predicted molar refractivity (Wildman–Crippen MR) is 225 cm³/mol. The van der Waals surface area contributed by atoms with Gasteiger partial charge in [-0.15, -0.1) is 68.6 Å². The number of hydrogen-bond acceptors (Lipinski definition) is 0. The Morgan fingerprint density at radius 3 is 1.46 bits per heavy atom. The van der Waals surface area contributed by atoms with E-state index in [4.69, 9.17) is 17.0 Å².